The van der Waals surface area contributed by atoms with Gasteiger partial charge in [0.25, 0.3) is 0 Å². The van der Waals surface area contributed by atoms with Crippen LogP contribution in [0.25, 0.3) is 11.0 Å². The van der Waals surface area contributed by atoms with Crippen LogP contribution in [0.2, 0.25) is 0 Å². The summed E-state index contributed by atoms with van der Waals surface area (Å²) in [6.07, 6.45) is 0.347. The largest absolute Gasteiger partial charge is 0.489 e. The minimum absolute atomic E-state index is 0.248. The molecule has 0 fully saturated rings. The van der Waals surface area contributed by atoms with Crippen molar-refractivity contribution in [1.82, 2.24) is 9.55 Å². The first kappa shape index (κ1) is 16.4. The lowest BCUT2D eigenvalue weighted by Gasteiger charge is -2.24. The Kier molecular flexibility index (Phi) is 3.71. The molecule has 0 saturated carbocycles. The van der Waals surface area contributed by atoms with Gasteiger partial charge in [-0.05, 0) is 33.6 Å². The van der Waals surface area contributed by atoms with Crippen molar-refractivity contribution in [2.75, 3.05) is 18.5 Å². The molecule has 0 spiro atoms. The molecule has 0 bridgehead atoms. The van der Waals surface area contributed by atoms with Crippen LogP contribution in [0.4, 0.5) is 10.3 Å². The molecule has 0 aliphatic carbocycles. The molecular weight excluding hydrogens is 417 g/mol. The number of nitrogens with one attached hydrogen (secondary N) is 1. The molecule has 3 N–H and O–H groups in total. The van der Waals surface area contributed by atoms with Gasteiger partial charge in [-0.3, -0.25) is 9.88 Å². The third kappa shape index (κ3) is 2.69. The third-order valence-corrected chi connectivity index (χ3v) is 5.15. The molecule has 2 aliphatic heterocycles. The normalized spacial score (nSPS) is 18.4. The number of hydrogen-bond acceptors (Lipinski definition) is 6. The summed E-state index contributed by atoms with van der Waals surface area (Å²) in [5, 5.41) is 2.99. The zero-order valence-corrected chi connectivity index (χ0v) is 15.7. The molecule has 0 radical (unpaired) electrons. The summed E-state index contributed by atoms with van der Waals surface area (Å²) >= 11 is 3.23. The molecule has 1 aromatic heterocycles. The van der Waals surface area contributed by atoms with Crippen molar-refractivity contribution in [2.45, 2.75) is 12.6 Å². The highest BCUT2D eigenvalue weighted by Gasteiger charge is 2.27. The van der Waals surface area contributed by atoms with E-state index in [9.17, 15) is 4.39 Å². The number of guanidine groups is 1. The molecule has 138 valence electrons. The highest BCUT2D eigenvalue weighted by atomic mass is 79.9. The van der Waals surface area contributed by atoms with E-state index in [4.69, 9.17) is 15.2 Å². The predicted octanol–water partition coefficient (Wildman–Crippen LogP) is 3.39. The number of anilines is 1. The number of benzene rings is 2. The number of ether oxygens (including phenoxy) is 2. The molecule has 27 heavy (non-hydrogen) atoms. The Morgan fingerprint density at radius 3 is 2.74 bits per heavy atom. The fraction of sp³-hybridized carbons (Fsp3) is 0.222. The van der Waals surface area contributed by atoms with Crippen LogP contribution in [0.1, 0.15) is 18.2 Å². The van der Waals surface area contributed by atoms with E-state index in [1.165, 1.54) is 6.07 Å². The van der Waals surface area contributed by atoms with Gasteiger partial charge in [0.15, 0.2) is 23.6 Å². The van der Waals surface area contributed by atoms with Crippen LogP contribution in [-0.2, 0) is 0 Å². The van der Waals surface area contributed by atoms with E-state index in [0.717, 1.165) is 23.0 Å². The van der Waals surface area contributed by atoms with Crippen LogP contribution >= 0.6 is 15.9 Å². The quantitative estimate of drug-likeness (QED) is 0.616. The summed E-state index contributed by atoms with van der Waals surface area (Å²) in [5.41, 5.74) is 8.30. The van der Waals surface area contributed by atoms with E-state index in [1.54, 1.807) is 12.1 Å². The third-order valence-electron chi connectivity index (χ3n) is 4.55. The monoisotopic (exact) mass is 431 g/mol. The first-order chi connectivity index (χ1) is 13.1. The van der Waals surface area contributed by atoms with Crippen LogP contribution in [0, 0.1) is 5.82 Å². The predicted molar refractivity (Wildman–Crippen MR) is 103 cm³/mol. The molecule has 0 saturated heterocycles. The number of imidazole rings is 1. The Morgan fingerprint density at radius 1 is 1.19 bits per heavy atom. The standard InChI is InChI=1S/C18H15BrFN5O2/c19-10-6-9(2-3-11(10)20)16-23-17(21)24-18-22-12-7-14-15(8-13(12)25(16)18)27-5-1-4-26-14/h2-3,6-8,16H,1,4-5H2,(H3,21,22,23,24)/t16-/m1/s1. The summed E-state index contributed by atoms with van der Waals surface area (Å²) in [6.45, 7) is 1.20. The average molecular weight is 432 g/mol. The molecule has 9 heteroatoms. The fourth-order valence-electron chi connectivity index (χ4n) is 3.32. The Hall–Kier alpha value is -2.81. The number of halogens is 2. The van der Waals surface area contributed by atoms with Gasteiger partial charge in [-0.2, -0.15) is 0 Å². The van der Waals surface area contributed by atoms with Crippen molar-refractivity contribution in [1.29, 1.82) is 0 Å². The molecular formula is C18H15BrFN5O2. The molecule has 2 aliphatic rings. The van der Waals surface area contributed by atoms with Crippen LogP contribution in [-0.4, -0.2) is 28.7 Å². The Labute approximate surface area is 162 Å². The minimum Gasteiger partial charge on any atom is -0.489 e. The Balaban J connectivity index is 1.71. The highest BCUT2D eigenvalue weighted by molar-refractivity contribution is 9.10. The van der Waals surface area contributed by atoms with Gasteiger partial charge in [-0.1, -0.05) is 6.07 Å². The molecule has 5 rings (SSSR count). The first-order valence-corrected chi connectivity index (χ1v) is 9.26. The molecule has 3 aromatic rings. The topological polar surface area (TPSA) is 86.7 Å². The number of fused-ring (bicyclic) bond motifs is 4. The van der Waals surface area contributed by atoms with Gasteiger partial charge in [0.2, 0.25) is 5.95 Å². The summed E-state index contributed by atoms with van der Waals surface area (Å²) in [6, 6.07) is 8.54. The zero-order chi connectivity index (χ0) is 18.5. The van der Waals surface area contributed by atoms with E-state index in [0.29, 0.717) is 35.1 Å². The Bertz CT molecular complexity index is 1100. The smallest absolute Gasteiger partial charge is 0.212 e. The second-order valence-corrected chi connectivity index (χ2v) is 7.18. The van der Waals surface area contributed by atoms with Crippen LogP contribution in [0.3, 0.4) is 0 Å². The SMILES string of the molecule is NC1=N[C@@H](c2ccc(F)c(Br)c2)n2c(nc3cc4c(cc32)OCCCO4)N1. The zero-order valence-electron chi connectivity index (χ0n) is 14.1. The van der Waals surface area contributed by atoms with Crippen molar-refractivity contribution in [3.8, 4) is 11.5 Å². The van der Waals surface area contributed by atoms with Crippen LogP contribution in [0.5, 0.6) is 11.5 Å². The minimum atomic E-state index is -0.479. The summed E-state index contributed by atoms with van der Waals surface area (Å²) < 4.78 is 27.5. The number of aromatic nitrogens is 2. The van der Waals surface area contributed by atoms with Gasteiger partial charge in [0.1, 0.15) is 5.82 Å². The van der Waals surface area contributed by atoms with Gasteiger partial charge >= 0.3 is 0 Å². The fourth-order valence-corrected chi connectivity index (χ4v) is 3.72. The lowest BCUT2D eigenvalue weighted by atomic mass is 10.1. The maximum Gasteiger partial charge on any atom is 0.212 e. The van der Waals surface area contributed by atoms with Gasteiger partial charge in [-0.15, -0.1) is 0 Å². The summed E-state index contributed by atoms with van der Waals surface area (Å²) in [5.74, 6) is 1.81. The van der Waals surface area contributed by atoms with Crippen molar-refractivity contribution < 1.29 is 13.9 Å². The summed E-state index contributed by atoms with van der Waals surface area (Å²) in [4.78, 5) is 9.14. The lowest BCUT2D eigenvalue weighted by Crippen LogP contribution is -2.31. The number of nitrogens with two attached hydrogens (primary N) is 1. The van der Waals surface area contributed by atoms with Crippen LogP contribution < -0.4 is 20.5 Å². The first-order valence-electron chi connectivity index (χ1n) is 8.47. The molecule has 2 aromatic carbocycles. The second kappa shape index (κ2) is 6.12. The van der Waals surface area contributed by atoms with Crippen molar-refractivity contribution in [2.24, 2.45) is 10.7 Å². The van der Waals surface area contributed by atoms with Gasteiger partial charge in [0.05, 0.1) is 28.7 Å². The Morgan fingerprint density at radius 2 is 1.96 bits per heavy atom. The number of nitrogens with zero attached hydrogens (tertiary/aromatic N) is 3. The number of hydrogen-bond donors (Lipinski definition) is 2. The maximum absolute atomic E-state index is 13.7. The molecule has 3 heterocycles. The number of aliphatic imine (C=N–C) groups is 1. The maximum atomic E-state index is 13.7. The van der Waals surface area contributed by atoms with Crippen molar-refractivity contribution in [3.05, 3.63) is 46.2 Å². The molecule has 0 unspecified atom stereocenters. The molecule has 1 atom stereocenters. The average Bonchev–Trinajstić information content (AvgIpc) is 2.83. The molecule has 7 nitrogen and oxygen atoms in total. The van der Waals surface area contributed by atoms with E-state index in [2.05, 4.69) is 31.2 Å². The highest BCUT2D eigenvalue weighted by Crippen LogP contribution is 2.39. The van der Waals surface area contributed by atoms with Gasteiger partial charge < -0.3 is 15.2 Å². The molecule has 0 amide bonds. The second-order valence-electron chi connectivity index (χ2n) is 6.33. The number of rotatable bonds is 1. The summed E-state index contributed by atoms with van der Waals surface area (Å²) in [7, 11) is 0. The van der Waals surface area contributed by atoms with E-state index >= 15 is 0 Å². The van der Waals surface area contributed by atoms with E-state index < -0.39 is 6.17 Å². The van der Waals surface area contributed by atoms with E-state index in [1.807, 2.05) is 16.7 Å². The van der Waals surface area contributed by atoms with Crippen LogP contribution in [0.15, 0.2) is 39.8 Å². The van der Waals surface area contributed by atoms with Crippen molar-refractivity contribution >= 4 is 38.9 Å². The van der Waals surface area contributed by atoms with E-state index in [-0.39, 0.29) is 11.8 Å². The van der Waals surface area contributed by atoms with Gasteiger partial charge in [-0.25, -0.2) is 14.4 Å². The van der Waals surface area contributed by atoms with Gasteiger partial charge in [0, 0.05) is 18.6 Å². The van der Waals surface area contributed by atoms with Crippen molar-refractivity contribution in [3.63, 3.8) is 0 Å². The lowest BCUT2D eigenvalue weighted by molar-refractivity contribution is 0.297.